The third-order valence-corrected chi connectivity index (χ3v) is 2.37. The van der Waals surface area contributed by atoms with Gasteiger partial charge in [-0.3, -0.25) is 0 Å². The second-order valence-electron chi connectivity index (χ2n) is 3.14. The Balaban J connectivity index is 2.78. The topological polar surface area (TPSA) is 0 Å². The molecule has 0 bridgehead atoms. The summed E-state index contributed by atoms with van der Waals surface area (Å²) in [6.07, 6.45) is 1.07. The molecule has 0 nitrogen and oxygen atoms in total. The summed E-state index contributed by atoms with van der Waals surface area (Å²) in [5.74, 6) is 0.496. The van der Waals surface area contributed by atoms with Crippen LogP contribution in [0.1, 0.15) is 31.7 Å². The molecule has 0 spiro atoms. The van der Waals surface area contributed by atoms with Gasteiger partial charge in [0.05, 0.1) is 0 Å². The lowest BCUT2D eigenvalue weighted by molar-refractivity contribution is 0.843. The summed E-state index contributed by atoms with van der Waals surface area (Å²) >= 11 is 0. The smallest absolute Gasteiger partial charge is 0.00170 e. The van der Waals surface area contributed by atoms with Crippen LogP contribution in [-0.4, -0.2) is 0 Å². The minimum atomic E-state index is 0.496. The molecule has 1 unspecified atom stereocenters. The van der Waals surface area contributed by atoms with Gasteiger partial charge in [0, 0.05) is 5.92 Å². The van der Waals surface area contributed by atoms with E-state index in [1.807, 2.05) is 6.07 Å². The number of allylic oxidation sites excluding steroid dienone is 1. The van der Waals surface area contributed by atoms with Crippen molar-refractivity contribution in [2.24, 2.45) is 0 Å². The van der Waals surface area contributed by atoms with Crippen LogP contribution in [-0.2, 0) is 0 Å². The predicted octanol–water partition coefficient (Wildman–Crippen LogP) is 3.76. The third kappa shape index (κ3) is 1.97. The molecule has 0 heterocycles. The van der Waals surface area contributed by atoms with Gasteiger partial charge in [-0.05, 0) is 12.0 Å². The quantitative estimate of drug-likeness (QED) is 0.591. The highest BCUT2D eigenvalue weighted by Crippen LogP contribution is 2.23. The van der Waals surface area contributed by atoms with Gasteiger partial charge in [0.1, 0.15) is 0 Å². The minimum absolute atomic E-state index is 0.496. The van der Waals surface area contributed by atoms with E-state index in [1.165, 1.54) is 11.1 Å². The molecule has 0 saturated heterocycles. The predicted molar refractivity (Wildman–Crippen MR) is 54.3 cm³/mol. The molecule has 1 atom stereocenters. The van der Waals surface area contributed by atoms with Gasteiger partial charge < -0.3 is 0 Å². The van der Waals surface area contributed by atoms with E-state index < -0.39 is 0 Å². The normalized spacial score (nSPS) is 12.5. The van der Waals surface area contributed by atoms with Crippen molar-refractivity contribution in [1.29, 1.82) is 0 Å². The van der Waals surface area contributed by atoms with Crippen LogP contribution in [0.5, 0.6) is 0 Å². The average Bonchev–Trinajstić information content (AvgIpc) is 2.17. The molecule has 0 saturated carbocycles. The fourth-order valence-corrected chi connectivity index (χ4v) is 1.28. The van der Waals surface area contributed by atoms with Crippen molar-refractivity contribution in [2.45, 2.75) is 26.2 Å². The first kappa shape index (κ1) is 9.05. The van der Waals surface area contributed by atoms with Gasteiger partial charge >= 0.3 is 0 Å². The zero-order chi connectivity index (χ0) is 8.97. The summed E-state index contributed by atoms with van der Waals surface area (Å²) in [6.45, 7) is 8.41. The van der Waals surface area contributed by atoms with Crippen LogP contribution < -0.4 is 0 Å². The van der Waals surface area contributed by atoms with Crippen molar-refractivity contribution < 1.29 is 0 Å². The van der Waals surface area contributed by atoms with Crippen molar-refractivity contribution in [3.8, 4) is 0 Å². The molecule has 0 aromatic heterocycles. The zero-order valence-corrected chi connectivity index (χ0v) is 7.88. The van der Waals surface area contributed by atoms with Crippen molar-refractivity contribution in [1.82, 2.24) is 0 Å². The molecule has 0 aliphatic carbocycles. The van der Waals surface area contributed by atoms with E-state index in [9.17, 15) is 0 Å². The summed E-state index contributed by atoms with van der Waals surface area (Å²) in [4.78, 5) is 0. The van der Waals surface area contributed by atoms with Gasteiger partial charge in [0.15, 0.2) is 0 Å². The van der Waals surface area contributed by atoms with Crippen LogP contribution in [0.4, 0.5) is 0 Å². The van der Waals surface area contributed by atoms with E-state index >= 15 is 0 Å². The van der Waals surface area contributed by atoms with Crippen LogP contribution in [0, 0.1) is 0 Å². The fourth-order valence-electron chi connectivity index (χ4n) is 1.28. The lowest BCUT2D eigenvalue weighted by Crippen LogP contribution is -1.95. The summed E-state index contributed by atoms with van der Waals surface area (Å²) in [5, 5.41) is 0. The van der Waals surface area contributed by atoms with Crippen molar-refractivity contribution in [2.75, 3.05) is 0 Å². The Hall–Kier alpha value is -1.04. The Morgan fingerprint density at radius 1 is 1.33 bits per heavy atom. The number of benzene rings is 1. The van der Waals surface area contributed by atoms with Crippen LogP contribution in [0.25, 0.3) is 0 Å². The molecule has 64 valence electrons. The summed E-state index contributed by atoms with van der Waals surface area (Å²) in [5.41, 5.74) is 2.67. The van der Waals surface area contributed by atoms with Gasteiger partial charge in [-0.1, -0.05) is 56.3 Å². The van der Waals surface area contributed by atoms with Gasteiger partial charge in [0.2, 0.25) is 0 Å². The number of hydrogen-bond acceptors (Lipinski definition) is 0. The van der Waals surface area contributed by atoms with Crippen molar-refractivity contribution >= 4 is 0 Å². The number of hydrogen-bond donors (Lipinski definition) is 0. The maximum Gasteiger partial charge on any atom is 0.00170 e. The summed E-state index contributed by atoms with van der Waals surface area (Å²) < 4.78 is 0. The Bertz CT molecular complexity index is 246. The first-order valence-corrected chi connectivity index (χ1v) is 4.48. The zero-order valence-electron chi connectivity index (χ0n) is 7.88. The molecule has 1 rings (SSSR count). The Morgan fingerprint density at radius 2 is 1.92 bits per heavy atom. The standard InChI is InChI=1S/C12H16/c1-4-10(2)11(3)12-8-6-5-7-9-12/h5-9,11H,2,4H2,1,3H3. The van der Waals surface area contributed by atoms with Gasteiger partial charge in [-0.2, -0.15) is 0 Å². The van der Waals surface area contributed by atoms with Gasteiger partial charge in [-0.25, -0.2) is 0 Å². The Labute approximate surface area is 74.9 Å². The third-order valence-electron chi connectivity index (χ3n) is 2.37. The molecule has 1 aromatic carbocycles. The fraction of sp³-hybridized carbons (Fsp3) is 0.333. The maximum absolute atomic E-state index is 4.05. The highest BCUT2D eigenvalue weighted by molar-refractivity contribution is 5.26. The van der Waals surface area contributed by atoms with Gasteiger partial charge in [0.25, 0.3) is 0 Å². The van der Waals surface area contributed by atoms with Crippen LogP contribution in [0.3, 0.4) is 0 Å². The first-order valence-electron chi connectivity index (χ1n) is 4.48. The van der Waals surface area contributed by atoms with Crippen LogP contribution in [0.15, 0.2) is 42.5 Å². The van der Waals surface area contributed by atoms with Crippen LogP contribution >= 0.6 is 0 Å². The minimum Gasteiger partial charge on any atom is -0.0993 e. The lowest BCUT2D eigenvalue weighted by atomic mass is 9.93. The van der Waals surface area contributed by atoms with E-state index in [0.717, 1.165) is 6.42 Å². The molecule has 0 aliphatic heterocycles. The molecule has 1 aromatic rings. The van der Waals surface area contributed by atoms with Crippen molar-refractivity contribution in [3.05, 3.63) is 48.0 Å². The molecule has 0 amide bonds. The summed E-state index contributed by atoms with van der Waals surface area (Å²) in [6, 6.07) is 10.5. The Morgan fingerprint density at radius 3 is 2.42 bits per heavy atom. The van der Waals surface area contributed by atoms with Gasteiger partial charge in [-0.15, -0.1) is 0 Å². The lowest BCUT2D eigenvalue weighted by Gasteiger charge is -2.12. The largest absolute Gasteiger partial charge is 0.0993 e. The molecule has 0 radical (unpaired) electrons. The van der Waals surface area contributed by atoms with E-state index in [-0.39, 0.29) is 0 Å². The molecule has 0 fully saturated rings. The van der Waals surface area contributed by atoms with E-state index in [4.69, 9.17) is 0 Å². The molecule has 12 heavy (non-hydrogen) atoms. The molecule has 0 N–H and O–H groups in total. The average molecular weight is 160 g/mol. The molecule has 0 heteroatoms. The van der Waals surface area contributed by atoms with Crippen molar-refractivity contribution in [3.63, 3.8) is 0 Å². The summed E-state index contributed by atoms with van der Waals surface area (Å²) in [7, 11) is 0. The van der Waals surface area contributed by atoms with Crippen LogP contribution in [0.2, 0.25) is 0 Å². The number of rotatable bonds is 3. The van der Waals surface area contributed by atoms with E-state index in [1.54, 1.807) is 0 Å². The monoisotopic (exact) mass is 160 g/mol. The second kappa shape index (κ2) is 4.10. The molecular formula is C12H16. The first-order chi connectivity index (χ1) is 5.75. The Kier molecular flexibility index (Phi) is 3.09. The second-order valence-corrected chi connectivity index (χ2v) is 3.14. The highest BCUT2D eigenvalue weighted by Gasteiger charge is 2.05. The molecule has 0 aliphatic rings. The van der Waals surface area contributed by atoms with E-state index in [2.05, 4.69) is 44.7 Å². The SMILES string of the molecule is C=C(CC)C(C)c1ccccc1. The molecular weight excluding hydrogens is 144 g/mol. The maximum atomic E-state index is 4.05. The van der Waals surface area contributed by atoms with E-state index in [0.29, 0.717) is 5.92 Å². The highest BCUT2D eigenvalue weighted by atomic mass is 14.1.